The molecule has 0 aromatic carbocycles. The largest absolute Gasteiger partial charge is 0.486 e. The molecule has 1 atom stereocenters. The topological polar surface area (TPSA) is 29.5 Å². The van der Waals surface area contributed by atoms with E-state index in [0.717, 1.165) is 14.4 Å². The van der Waals surface area contributed by atoms with Gasteiger partial charge in [0.05, 0.1) is 17.7 Å². The van der Waals surface area contributed by atoms with Crippen LogP contribution in [0, 0.1) is 0 Å². The van der Waals surface area contributed by atoms with E-state index in [0.29, 0.717) is 6.42 Å². The van der Waals surface area contributed by atoms with E-state index < -0.39 is 0 Å². The van der Waals surface area contributed by atoms with Crippen molar-refractivity contribution in [3.8, 4) is 5.06 Å². The summed E-state index contributed by atoms with van der Waals surface area (Å²) < 4.78 is 6.06. The first kappa shape index (κ1) is 10.0. The lowest BCUT2D eigenvalue weighted by Crippen LogP contribution is -2.01. The Morgan fingerprint density at radius 3 is 2.83 bits per heavy atom. The molecule has 1 aromatic heterocycles. The Hall–Kier alpha value is -0.0600. The molecule has 1 heterocycles. The maximum absolute atomic E-state index is 9.13. The lowest BCUT2D eigenvalue weighted by molar-refractivity contribution is 0.196. The lowest BCUT2D eigenvalue weighted by atomic mass is 10.2. The van der Waals surface area contributed by atoms with Crippen LogP contribution in [0.4, 0.5) is 0 Å². The van der Waals surface area contributed by atoms with Crippen LogP contribution < -0.4 is 4.74 Å². The molecule has 0 saturated carbocycles. The Balaban J connectivity index is 2.75. The second-order valence-corrected chi connectivity index (χ2v) is 4.56. The number of aliphatic hydroxyl groups excluding tert-OH is 1. The molecule has 0 aliphatic carbocycles. The molecule has 0 spiro atoms. The number of halogens is 1. The lowest BCUT2D eigenvalue weighted by Gasteiger charge is -1.98. The summed E-state index contributed by atoms with van der Waals surface area (Å²) in [5.74, 6) is 0. The minimum Gasteiger partial charge on any atom is -0.486 e. The Morgan fingerprint density at radius 2 is 2.42 bits per heavy atom. The minimum absolute atomic E-state index is 0.291. The van der Waals surface area contributed by atoms with Gasteiger partial charge in [-0.15, -0.1) is 11.3 Å². The zero-order valence-corrected chi connectivity index (χ0v) is 9.41. The van der Waals surface area contributed by atoms with Crippen LogP contribution in [0.5, 0.6) is 5.06 Å². The predicted molar refractivity (Wildman–Crippen MR) is 54.0 cm³/mol. The van der Waals surface area contributed by atoms with Crippen molar-refractivity contribution in [1.82, 2.24) is 0 Å². The van der Waals surface area contributed by atoms with Crippen LogP contribution in [0.1, 0.15) is 11.8 Å². The summed E-state index contributed by atoms with van der Waals surface area (Å²) in [6.45, 7) is 1.78. The maximum Gasteiger partial charge on any atom is 0.188 e. The monoisotopic (exact) mass is 250 g/mol. The van der Waals surface area contributed by atoms with Gasteiger partial charge in [-0.1, -0.05) is 0 Å². The molecule has 0 fully saturated rings. The van der Waals surface area contributed by atoms with Gasteiger partial charge >= 0.3 is 0 Å². The summed E-state index contributed by atoms with van der Waals surface area (Å²) in [7, 11) is 1.64. The Kier molecular flexibility index (Phi) is 3.55. The first-order chi connectivity index (χ1) is 5.63. The molecule has 0 bridgehead atoms. The number of aliphatic hydroxyl groups is 1. The van der Waals surface area contributed by atoms with Crippen molar-refractivity contribution in [1.29, 1.82) is 0 Å². The third-order valence-electron chi connectivity index (χ3n) is 1.39. The van der Waals surface area contributed by atoms with Crippen LogP contribution in [-0.4, -0.2) is 18.3 Å². The highest BCUT2D eigenvalue weighted by Gasteiger charge is 2.08. The zero-order valence-electron chi connectivity index (χ0n) is 7.00. The average molecular weight is 251 g/mol. The third kappa shape index (κ3) is 2.47. The number of thiophene rings is 1. The van der Waals surface area contributed by atoms with Crippen LogP contribution >= 0.6 is 27.3 Å². The van der Waals surface area contributed by atoms with Gasteiger partial charge in [0.25, 0.3) is 0 Å². The molecular formula is C8H11BrO2S. The van der Waals surface area contributed by atoms with Gasteiger partial charge in [0.15, 0.2) is 5.06 Å². The van der Waals surface area contributed by atoms with Crippen LogP contribution in [0.15, 0.2) is 10.5 Å². The van der Waals surface area contributed by atoms with Gasteiger partial charge in [0.1, 0.15) is 0 Å². The molecule has 2 nitrogen and oxygen atoms in total. The summed E-state index contributed by atoms with van der Waals surface area (Å²) in [5, 5.41) is 10.00. The van der Waals surface area contributed by atoms with Gasteiger partial charge < -0.3 is 9.84 Å². The third-order valence-corrected chi connectivity index (χ3v) is 3.36. The molecule has 0 radical (unpaired) electrons. The summed E-state index contributed by atoms with van der Waals surface area (Å²) in [4.78, 5) is 1.13. The van der Waals surface area contributed by atoms with Crippen molar-refractivity contribution in [2.24, 2.45) is 0 Å². The fraction of sp³-hybridized carbons (Fsp3) is 0.500. The summed E-state index contributed by atoms with van der Waals surface area (Å²) >= 11 is 4.93. The van der Waals surface area contributed by atoms with Crippen LogP contribution in [0.2, 0.25) is 0 Å². The number of ether oxygens (including phenoxy) is 1. The van der Waals surface area contributed by atoms with Gasteiger partial charge in [-0.05, 0) is 28.9 Å². The Labute approximate surface area is 84.3 Å². The van der Waals surface area contributed by atoms with Crippen molar-refractivity contribution in [3.05, 3.63) is 15.4 Å². The smallest absolute Gasteiger partial charge is 0.188 e. The summed E-state index contributed by atoms with van der Waals surface area (Å²) in [6, 6.07) is 1.98. The van der Waals surface area contributed by atoms with Gasteiger partial charge in [0, 0.05) is 11.3 Å². The van der Waals surface area contributed by atoms with E-state index in [1.54, 1.807) is 25.4 Å². The SMILES string of the molecule is COc1sc(C[C@H](C)O)cc1Br. The second-order valence-electron chi connectivity index (χ2n) is 2.61. The number of rotatable bonds is 3. The molecule has 1 N–H and O–H groups in total. The van der Waals surface area contributed by atoms with Gasteiger partial charge in [-0.3, -0.25) is 0 Å². The molecule has 4 heteroatoms. The second kappa shape index (κ2) is 4.25. The van der Waals surface area contributed by atoms with E-state index in [-0.39, 0.29) is 6.10 Å². The Morgan fingerprint density at radius 1 is 1.75 bits per heavy atom. The van der Waals surface area contributed by atoms with Crippen LogP contribution in [-0.2, 0) is 6.42 Å². The van der Waals surface area contributed by atoms with Crippen molar-refractivity contribution in [2.75, 3.05) is 7.11 Å². The molecule has 1 rings (SSSR count). The number of hydrogen-bond donors (Lipinski definition) is 1. The highest BCUT2D eigenvalue weighted by Crippen LogP contribution is 2.35. The molecule has 0 amide bonds. The van der Waals surface area contributed by atoms with Crippen molar-refractivity contribution >= 4 is 27.3 Å². The normalized spacial score (nSPS) is 13.0. The first-order valence-electron chi connectivity index (χ1n) is 3.63. The predicted octanol–water partition coefficient (Wildman–Crippen LogP) is 2.44. The Bertz CT molecular complexity index is 258. The quantitative estimate of drug-likeness (QED) is 0.894. The van der Waals surface area contributed by atoms with Gasteiger partial charge in [0.2, 0.25) is 0 Å². The number of methoxy groups -OCH3 is 1. The zero-order chi connectivity index (χ0) is 9.14. The van der Waals surface area contributed by atoms with Crippen molar-refractivity contribution in [3.63, 3.8) is 0 Å². The van der Waals surface area contributed by atoms with E-state index in [2.05, 4.69) is 15.9 Å². The molecule has 0 unspecified atom stereocenters. The minimum atomic E-state index is -0.291. The summed E-state index contributed by atoms with van der Waals surface area (Å²) in [6.07, 6.45) is 0.396. The van der Waals surface area contributed by atoms with Crippen molar-refractivity contribution in [2.45, 2.75) is 19.4 Å². The van der Waals surface area contributed by atoms with Crippen LogP contribution in [0.25, 0.3) is 0 Å². The fourth-order valence-corrected chi connectivity index (χ4v) is 2.74. The van der Waals surface area contributed by atoms with Gasteiger partial charge in [-0.2, -0.15) is 0 Å². The molecule has 1 aromatic rings. The van der Waals surface area contributed by atoms with E-state index in [1.807, 2.05) is 6.07 Å². The first-order valence-corrected chi connectivity index (χ1v) is 5.24. The van der Waals surface area contributed by atoms with Crippen molar-refractivity contribution < 1.29 is 9.84 Å². The van der Waals surface area contributed by atoms with Crippen LogP contribution in [0.3, 0.4) is 0 Å². The molecule has 0 saturated heterocycles. The average Bonchev–Trinajstić information content (AvgIpc) is 2.29. The van der Waals surface area contributed by atoms with E-state index >= 15 is 0 Å². The molecule has 12 heavy (non-hydrogen) atoms. The molecule has 68 valence electrons. The highest BCUT2D eigenvalue weighted by atomic mass is 79.9. The van der Waals surface area contributed by atoms with Gasteiger partial charge in [-0.25, -0.2) is 0 Å². The standard InChI is InChI=1S/C8H11BrO2S/c1-5(10)3-6-4-7(9)8(11-2)12-6/h4-5,10H,3H2,1-2H3/t5-/m0/s1. The summed E-state index contributed by atoms with van der Waals surface area (Å²) in [5.41, 5.74) is 0. The van der Waals surface area contributed by atoms with E-state index in [1.165, 1.54) is 0 Å². The van der Waals surface area contributed by atoms with E-state index in [9.17, 15) is 0 Å². The maximum atomic E-state index is 9.13. The van der Waals surface area contributed by atoms with E-state index in [4.69, 9.17) is 9.84 Å². The number of hydrogen-bond acceptors (Lipinski definition) is 3. The molecular weight excluding hydrogens is 240 g/mol. The fourth-order valence-electron chi connectivity index (χ4n) is 0.928. The molecule has 0 aliphatic heterocycles. The molecule has 0 aliphatic rings. The highest BCUT2D eigenvalue weighted by molar-refractivity contribution is 9.10.